The quantitative estimate of drug-likeness (QED) is 0.303. The Kier molecular flexibility index (Phi) is 7.95. The molecule has 6 bridgehead atoms. The normalized spacial score (nSPS) is 35.1. The van der Waals surface area contributed by atoms with Crippen molar-refractivity contribution in [3.05, 3.63) is 35.9 Å². The van der Waals surface area contributed by atoms with Crippen molar-refractivity contribution in [1.29, 1.82) is 0 Å². The van der Waals surface area contributed by atoms with E-state index < -0.39 is 52.4 Å². The van der Waals surface area contributed by atoms with Crippen LogP contribution in [0.25, 0.3) is 0 Å². The van der Waals surface area contributed by atoms with Gasteiger partial charge in [0.15, 0.2) is 0 Å². The van der Waals surface area contributed by atoms with Crippen molar-refractivity contribution in [2.24, 2.45) is 0 Å². The number of fused-ring (bicyclic) bond motifs is 6. The average molecular weight is 566 g/mol. The van der Waals surface area contributed by atoms with E-state index in [1.165, 1.54) is 4.90 Å². The molecule has 4 aliphatic rings. The molecule has 3 amide bonds. The van der Waals surface area contributed by atoms with Gasteiger partial charge in [0.05, 0.1) is 24.8 Å². The van der Waals surface area contributed by atoms with Crippen LogP contribution in [0.5, 0.6) is 0 Å². The fourth-order valence-electron chi connectivity index (χ4n) is 6.00. The predicted molar refractivity (Wildman–Crippen MR) is 137 cm³/mol. The summed E-state index contributed by atoms with van der Waals surface area (Å²) in [5.74, 6) is -1.24. The van der Waals surface area contributed by atoms with Crippen LogP contribution in [0.3, 0.4) is 0 Å². The first kappa shape index (κ1) is 27.9. The van der Waals surface area contributed by atoms with Gasteiger partial charge in [-0.05, 0) is 12.0 Å². The number of rotatable bonds is 3. The van der Waals surface area contributed by atoms with Crippen molar-refractivity contribution >= 4 is 27.7 Å². The first-order valence-corrected chi connectivity index (χ1v) is 15.0. The summed E-state index contributed by atoms with van der Waals surface area (Å²) in [6.45, 7) is 0.619. The van der Waals surface area contributed by atoms with Crippen LogP contribution in [0.2, 0.25) is 0 Å². The standard InChI is InChI=1S/C25H35N5O8S/c1-39(36,37)30-8-7-28-14-18(30)24(34)26-11-20-23(33)22(32)19(38-20)10-21(31)27-16-9-17(25(28)35)29(13-16)12-15-5-3-2-4-6-15/h2-6,16-20,22-23,32-33H,7-14H2,1H3,(H,26,34)(H,27,31)/t16-,17-,18-,19-,20+,22-,23+/m0/s1. The van der Waals surface area contributed by atoms with E-state index in [2.05, 4.69) is 10.6 Å². The Balaban J connectivity index is 1.44. The molecule has 0 saturated carbocycles. The Morgan fingerprint density at radius 3 is 2.44 bits per heavy atom. The Morgan fingerprint density at radius 1 is 1.00 bits per heavy atom. The zero-order valence-electron chi connectivity index (χ0n) is 21.7. The van der Waals surface area contributed by atoms with Crippen molar-refractivity contribution in [2.45, 2.75) is 61.9 Å². The highest BCUT2D eigenvalue weighted by molar-refractivity contribution is 7.88. The highest BCUT2D eigenvalue weighted by Crippen LogP contribution is 2.27. The average Bonchev–Trinajstić information content (AvgIpc) is 3.41. The minimum absolute atomic E-state index is 0.0441. The number of carbonyl (C=O) groups excluding carboxylic acids is 3. The monoisotopic (exact) mass is 565 g/mol. The summed E-state index contributed by atoms with van der Waals surface area (Å²) in [6.07, 6.45) is -3.49. The molecule has 4 saturated heterocycles. The second-order valence-electron chi connectivity index (χ2n) is 10.7. The van der Waals surface area contributed by atoms with Gasteiger partial charge in [-0.15, -0.1) is 0 Å². The molecule has 4 N–H and O–H groups in total. The smallest absolute Gasteiger partial charge is 0.240 e. The van der Waals surface area contributed by atoms with Crippen LogP contribution >= 0.6 is 0 Å². The highest BCUT2D eigenvalue weighted by atomic mass is 32.2. The van der Waals surface area contributed by atoms with E-state index in [1.807, 2.05) is 35.2 Å². The van der Waals surface area contributed by atoms with E-state index in [-0.39, 0.29) is 50.5 Å². The van der Waals surface area contributed by atoms with Crippen LogP contribution in [0.4, 0.5) is 0 Å². The molecule has 4 fully saturated rings. The lowest BCUT2D eigenvalue weighted by Gasteiger charge is -2.40. The lowest BCUT2D eigenvalue weighted by molar-refractivity contribution is -0.140. The summed E-state index contributed by atoms with van der Waals surface area (Å²) in [4.78, 5) is 43.4. The number of sulfonamides is 1. The summed E-state index contributed by atoms with van der Waals surface area (Å²) >= 11 is 0. The number of nitrogens with zero attached hydrogens (tertiary/aromatic N) is 3. The number of aliphatic hydroxyl groups is 2. The number of hydrogen-bond acceptors (Lipinski definition) is 9. The largest absolute Gasteiger partial charge is 0.388 e. The topological polar surface area (TPSA) is 169 Å². The molecule has 1 aromatic rings. The number of amides is 3. The van der Waals surface area contributed by atoms with Gasteiger partial charge in [0.25, 0.3) is 0 Å². The van der Waals surface area contributed by atoms with Gasteiger partial charge in [0.1, 0.15) is 24.4 Å². The molecule has 0 radical (unpaired) electrons. The number of carbonyl (C=O) groups is 3. The molecule has 0 aromatic heterocycles. The minimum Gasteiger partial charge on any atom is -0.388 e. The number of hydrogen-bond donors (Lipinski definition) is 4. The van der Waals surface area contributed by atoms with E-state index in [1.54, 1.807) is 0 Å². The summed E-state index contributed by atoms with van der Waals surface area (Å²) in [5, 5.41) is 26.5. The molecule has 0 aliphatic carbocycles. The first-order chi connectivity index (χ1) is 18.5. The lowest BCUT2D eigenvalue weighted by Crippen LogP contribution is -2.63. The Bertz CT molecular complexity index is 1200. The van der Waals surface area contributed by atoms with Gasteiger partial charge >= 0.3 is 0 Å². The van der Waals surface area contributed by atoms with Crippen molar-refractivity contribution in [2.75, 3.05) is 39.0 Å². The molecule has 14 heteroatoms. The van der Waals surface area contributed by atoms with E-state index in [0.29, 0.717) is 19.5 Å². The van der Waals surface area contributed by atoms with Crippen molar-refractivity contribution in [3.63, 3.8) is 0 Å². The number of likely N-dealkylation sites (tertiary alicyclic amines) is 1. The number of nitrogens with one attached hydrogen (secondary N) is 2. The third-order valence-electron chi connectivity index (χ3n) is 7.98. The Hall–Kier alpha value is -2.62. The summed E-state index contributed by atoms with van der Waals surface area (Å²) in [5.41, 5.74) is 0.995. The molecule has 4 heterocycles. The van der Waals surface area contributed by atoms with Crippen LogP contribution in [0.1, 0.15) is 18.4 Å². The Labute approximate surface area is 227 Å². The van der Waals surface area contributed by atoms with Gasteiger partial charge < -0.3 is 30.5 Å². The maximum atomic E-state index is 13.8. The van der Waals surface area contributed by atoms with Crippen LogP contribution in [-0.4, -0.2) is 132 Å². The van der Waals surface area contributed by atoms with Crippen LogP contribution in [0, 0.1) is 0 Å². The minimum atomic E-state index is -3.76. The lowest BCUT2D eigenvalue weighted by atomic mass is 10.0. The van der Waals surface area contributed by atoms with E-state index in [4.69, 9.17) is 4.74 Å². The maximum Gasteiger partial charge on any atom is 0.240 e. The summed E-state index contributed by atoms with van der Waals surface area (Å²) in [7, 11) is -3.76. The molecule has 1 aromatic carbocycles. The second-order valence-corrected chi connectivity index (χ2v) is 12.7. The molecule has 39 heavy (non-hydrogen) atoms. The molecule has 0 spiro atoms. The third-order valence-corrected chi connectivity index (χ3v) is 9.27. The fourth-order valence-corrected chi connectivity index (χ4v) is 7.03. The summed E-state index contributed by atoms with van der Waals surface area (Å²) in [6, 6.07) is 7.53. The van der Waals surface area contributed by atoms with Crippen LogP contribution < -0.4 is 10.6 Å². The van der Waals surface area contributed by atoms with Gasteiger partial charge in [-0.3, -0.25) is 19.3 Å². The molecule has 5 rings (SSSR count). The van der Waals surface area contributed by atoms with E-state index in [9.17, 15) is 33.0 Å². The van der Waals surface area contributed by atoms with Gasteiger partial charge in [-0.1, -0.05) is 30.3 Å². The predicted octanol–water partition coefficient (Wildman–Crippen LogP) is -2.77. The molecule has 7 atom stereocenters. The number of ether oxygens (including phenoxy) is 1. The number of benzene rings is 1. The third kappa shape index (κ3) is 5.95. The second kappa shape index (κ2) is 11.1. The fraction of sp³-hybridized carbons (Fsp3) is 0.640. The Morgan fingerprint density at radius 2 is 1.72 bits per heavy atom. The summed E-state index contributed by atoms with van der Waals surface area (Å²) < 4.78 is 31.8. The van der Waals surface area contributed by atoms with Crippen LogP contribution in [-0.2, 0) is 35.7 Å². The van der Waals surface area contributed by atoms with Crippen molar-refractivity contribution < 1.29 is 37.8 Å². The van der Waals surface area contributed by atoms with Crippen LogP contribution in [0.15, 0.2) is 30.3 Å². The van der Waals surface area contributed by atoms with E-state index in [0.717, 1.165) is 16.1 Å². The first-order valence-electron chi connectivity index (χ1n) is 13.1. The maximum absolute atomic E-state index is 13.8. The number of piperazine rings is 1. The molecule has 214 valence electrons. The number of aliphatic hydroxyl groups excluding tert-OH is 2. The SMILES string of the molecule is CS(=O)(=O)N1CCN2C[C@H]1C(=O)NC[C@H]1O[C@@H](CC(=O)N[C@H]3C[C@@H](C2=O)N(Cc2ccccc2)C3)[C@H](O)[C@@H]1O. The van der Waals surface area contributed by atoms with Crippen molar-refractivity contribution in [1.82, 2.24) is 24.7 Å². The molecular formula is C25H35N5O8S. The zero-order chi connectivity index (χ0) is 27.9. The molecular weight excluding hydrogens is 530 g/mol. The van der Waals surface area contributed by atoms with Gasteiger partial charge in [0.2, 0.25) is 27.7 Å². The van der Waals surface area contributed by atoms with Crippen molar-refractivity contribution in [3.8, 4) is 0 Å². The molecule has 4 aliphatic heterocycles. The van der Waals surface area contributed by atoms with Gasteiger partial charge in [-0.25, -0.2) is 8.42 Å². The van der Waals surface area contributed by atoms with Gasteiger partial charge in [-0.2, -0.15) is 4.31 Å². The molecule has 0 unspecified atom stereocenters. The molecule has 13 nitrogen and oxygen atoms in total. The van der Waals surface area contributed by atoms with Gasteiger partial charge in [0, 0.05) is 45.3 Å². The zero-order valence-corrected chi connectivity index (χ0v) is 22.5. The van der Waals surface area contributed by atoms with E-state index >= 15 is 0 Å². The highest BCUT2D eigenvalue weighted by Gasteiger charge is 2.47.